The molecule has 1 aliphatic carbocycles. The number of H-pyrrole nitrogens is 1. The zero-order valence-electron chi connectivity index (χ0n) is 14.4. The van der Waals surface area contributed by atoms with Crippen molar-refractivity contribution in [3.8, 4) is 0 Å². The van der Waals surface area contributed by atoms with Gasteiger partial charge in [-0.1, -0.05) is 6.07 Å². The van der Waals surface area contributed by atoms with Gasteiger partial charge in [0.25, 0.3) is 5.91 Å². The van der Waals surface area contributed by atoms with E-state index in [1.165, 1.54) is 18.4 Å². The van der Waals surface area contributed by atoms with Crippen LogP contribution in [-0.2, 0) is 6.54 Å². The number of nitrogens with one attached hydrogen (secondary N) is 2. The molecular weight excluding hydrogens is 314 g/mol. The molecule has 0 bridgehead atoms. The summed E-state index contributed by atoms with van der Waals surface area (Å²) in [5, 5.41) is 10.2. The highest BCUT2D eigenvalue weighted by atomic mass is 16.1. The molecule has 6 heteroatoms. The van der Waals surface area contributed by atoms with Crippen LogP contribution in [0.5, 0.6) is 0 Å². The molecule has 25 heavy (non-hydrogen) atoms. The van der Waals surface area contributed by atoms with E-state index in [9.17, 15) is 4.79 Å². The van der Waals surface area contributed by atoms with Crippen molar-refractivity contribution in [3.63, 3.8) is 0 Å². The van der Waals surface area contributed by atoms with E-state index in [4.69, 9.17) is 0 Å². The maximum absolute atomic E-state index is 12.5. The number of aromatic nitrogens is 3. The average Bonchev–Trinajstić information content (AvgIpc) is 3.37. The van der Waals surface area contributed by atoms with Crippen molar-refractivity contribution in [2.45, 2.75) is 38.1 Å². The number of hydrogen-bond donors (Lipinski definition) is 2. The summed E-state index contributed by atoms with van der Waals surface area (Å²) in [5.41, 5.74) is 2.99. The molecule has 0 spiro atoms. The van der Waals surface area contributed by atoms with Crippen LogP contribution in [0, 0.1) is 5.92 Å². The van der Waals surface area contributed by atoms with Crippen LogP contribution in [0.15, 0.2) is 30.7 Å². The highest BCUT2D eigenvalue weighted by Crippen LogP contribution is 2.40. The predicted molar refractivity (Wildman–Crippen MR) is 95.1 cm³/mol. The molecule has 2 aromatic heterocycles. The van der Waals surface area contributed by atoms with Crippen LogP contribution < -0.4 is 5.32 Å². The van der Waals surface area contributed by atoms with E-state index in [1.54, 1.807) is 6.20 Å². The van der Waals surface area contributed by atoms with Crippen molar-refractivity contribution in [3.05, 3.63) is 47.5 Å². The van der Waals surface area contributed by atoms with Gasteiger partial charge in [0, 0.05) is 37.9 Å². The lowest BCUT2D eigenvalue weighted by atomic mass is 9.97. The van der Waals surface area contributed by atoms with Crippen molar-refractivity contribution < 1.29 is 4.79 Å². The topological polar surface area (TPSA) is 73.9 Å². The Balaban J connectivity index is 1.29. The summed E-state index contributed by atoms with van der Waals surface area (Å²) < 4.78 is 0. The van der Waals surface area contributed by atoms with Crippen molar-refractivity contribution in [1.82, 2.24) is 25.4 Å². The van der Waals surface area contributed by atoms with E-state index < -0.39 is 0 Å². The first kappa shape index (κ1) is 16.3. The highest BCUT2D eigenvalue weighted by Gasteiger charge is 2.30. The number of carbonyl (C=O) groups is 1. The van der Waals surface area contributed by atoms with Crippen LogP contribution in [0.25, 0.3) is 0 Å². The van der Waals surface area contributed by atoms with Crippen molar-refractivity contribution in [2.24, 2.45) is 5.92 Å². The Morgan fingerprint density at radius 3 is 3.04 bits per heavy atom. The van der Waals surface area contributed by atoms with Gasteiger partial charge >= 0.3 is 0 Å². The molecule has 3 heterocycles. The molecule has 1 atom stereocenters. The van der Waals surface area contributed by atoms with Gasteiger partial charge < -0.3 is 5.32 Å². The van der Waals surface area contributed by atoms with Gasteiger partial charge in [0.2, 0.25) is 0 Å². The normalized spacial score (nSPS) is 21.2. The smallest absolute Gasteiger partial charge is 0.254 e. The molecule has 0 radical (unpaired) electrons. The number of hydrogen-bond acceptors (Lipinski definition) is 4. The van der Waals surface area contributed by atoms with E-state index in [0.717, 1.165) is 50.3 Å². The van der Waals surface area contributed by atoms with Gasteiger partial charge in [0.1, 0.15) is 0 Å². The molecule has 6 nitrogen and oxygen atoms in total. The van der Waals surface area contributed by atoms with E-state index in [1.807, 2.05) is 18.5 Å². The molecule has 0 aromatic carbocycles. The second kappa shape index (κ2) is 7.35. The summed E-state index contributed by atoms with van der Waals surface area (Å²) in [5.74, 6) is 1.03. The van der Waals surface area contributed by atoms with Gasteiger partial charge in [-0.25, -0.2) is 0 Å². The van der Waals surface area contributed by atoms with Crippen LogP contribution in [0.4, 0.5) is 0 Å². The van der Waals surface area contributed by atoms with Crippen LogP contribution >= 0.6 is 0 Å². The van der Waals surface area contributed by atoms with Gasteiger partial charge in [-0.15, -0.1) is 0 Å². The molecule has 4 rings (SSSR count). The number of nitrogens with zero attached hydrogens (tertiary/aromatic N) is 3. The number of amides is 1. The lowest BCUT2D eigenvalue weighted by molar-refractivity contribution is 0.0929. The number of piperidine rings is 1. The highest BCUT2D eigenvalue weighted by molar-refractivity contribution is 5.95. The third-order valence-corrected chi connectivity index (χ3v) is 5.18. The minimum atomic E-state index is 0.0139. The molecule has 1 aliphatic heterocycles. The Kier molecular flexibility index (Phi) is 4.78. The van der Waals surface area contributed by atoms with Crippen LogP contribution in [0.1, 0.15) is 53.2 Å². The summed E-state index contributed by atoms with van der Waals surface area (Å²) in [6.07, 6.45) is 10.1. The summed E-state index contributed by atoms with van der Waals surface area (Å²) in [7, 11) is 0. The third kappa shape index (κ3) is 4.07. The minimum Gasteiger partial charge on any atom is -0.352 e. The fraction of sp³-hybridized carbons (Fsp3) is 0.526. The number of likely N-dealkylation sites (tertiary alicyclic amines) is 1. The molecule has 1 amide bonds. The standard InChI is InChI=1S/C19H25N5O/c25-19(17-11-22-23-18(17)16-5-6-16)21-10-15-4-2-8-24(13-15)12-14-3-1-7-20-9-14/h1,3,7,9,11,15-16H,2,4-6,8,10,12-13H2,(H,21,25)(H,22,23). The Bertz CT molecular complexity index is 710. The molecule has 2 fully saturated rings. The predicted octanol–water partition coefficient (Wildman–Crippen LogP) is 2.32. The molecule has 2 aromatic rings. The second-order valence-electron chi connectivity index (χ2n) is 7.29. The molecule has 1 unspecified atom stereocenters. The quantitative estimate of drug-likeness (QED) is 0.847. The Labute approximate surface area is 148 Å². The Morgan fingerprint density at radius 1 is 1.32 bits per heavy atom. The number of carbonyl (C=O) groups excluding carboxylic acids is 1. The maximum atomic E-state index is 12.5. The largest absolute Gasteiger partial charge is 0.352 e. The third-order valence-electron chi connectivity index (χ3n) is 5.18. The molecule has 2 aliphatic rings. The lowest BCUT2D eigenvalue weighted by Crippen LogP contribution is -2.40. The molecule has 2 N–H and O–H groups in total. The first-order valence-electron chi connectivity index (χ1n) is 9.22. The second-order valence-corrected chi connectivity index (χ2v) is 7.29. The summed E-state index contributed by atoms with van der Waals surface area (Å²) in [6.45, 7) is 3.81. The monoisotopic (exact) mass is 339 g/mol. The summed E-state index contributed by atoms with van der Waals surface area (Å²) >= 11 is 0. The van der Waals surface area contributed by atoms with Crippen molar-refractivity contribution >= 4 is 5.91 Å². The fourth-order valence-corrected chi connectivity index (χ4v) is 3.70. The van der Waals surface area contributed by atoms with E-state index in [-0.39, 0.29) is 5.91 Å². The molecule has 1 saturated carbocycles. The van der Waals surface area contributed by atoms with Gasteiger partial charge in [0.15, 0.2) is 0 Å². The van der Waals surface area contributed by atoms with Gasteiger partial charge in [-0.3, -0.25) is 19.8 Å². The summed E-state index contributed by atoms with van der Waals surface area (Å²) in [6, 6.07) is 4.11. The fourth-order valence-electron chi connectivity index (χ4n) is 3.70. The van der Waals surface area contributed by atoms with Crippen molar-refractivity contribution in [2.75, 3.05) is 19.6 Å². The number of rotatable bonds is 6. The first-order chi connectivity index (χ1) is 12.3. The number of aromatic amines is 1. The van der Waals surface area contributed by atoms with E-state index in [2.05, 4.69) is 31.5 Å². The van der Waals surface area contributed by atoms with Gasteiger partial charge in [0.05, 0.1) is 17.5 Å². The minimum absolute atomic E-state index is 0.0139. The SMILES string of the molecule is O=C(NCC1CCCN(Cc2cccnc2)C1)c1cn[nH]c1C1CC1. The number of pyridine rings is 1. The van der Waals surface area contributed by atoms with Gasteiger partial charge in [-0.05, 0) is 49.8 Å². The van der Waals surface area contributed by atoms with Crippen LogP contribution in [0.2, 0.25) is 0 Å². The van der Waals surface area contributed by atoms with Crippen LogP contribution in [0.3, 0.4) is 0 Å². The zero-order chi connectivity index (χ0) is 17.1. The van der Waals surface area contributed by atoms with E-state index >= 15 is 0 Å². The van der Waals surface area contributed by atoms with Gasteiger partial charge in [-0.2, -0.15) is 5.10 Å². The lowest BCUT2D eigenvalue weighted by Gasteiger charge is -2.32. The Morgan fingerprint density at radius 2 is 2.24 bits per heavy atom. The first-order valence-corrected chi connectivity index (χ1v) is 9.22. The van der Waals surface area contributed by atoms with Crippen LogP contribution in [-0.4, -0.2) is 45.6 Å². The molecule has 132 valence electrons. The molecular formula is C19H25N5O. The molecule has 1 saturated heterocycles. The van der Waals surface area contributed by atoms with Crippen molar-refractivity contribution in [1.29, 1.82) is 0 Å². The zero-order valence-corrected chi connectivity index (χ0v) is 14.4. The van der Waals surface area contributed by atoms with E-state index in [0.29, 0.717) is 11.8 Å². The maximum Gasteiger partial charge on any atom is 0.254 e. The average molecular weight is 339 g/mol. The Hall–Kier alpha value is -2.21. The summed E-state index contributed by atoms with van der Waals surface area (Å²) in [4.78, 5) is 19.1.